The molecule has 1 aliphatic carbocycles. The van der Waals surface area contributed by atoms with Crippen LogP contribution in [-0.2, 0) is 5.75 Å². The predicted octanol–water partition coefficient (Wildman–Crippen LogP) is 2.85. The highest BCUT2D eigenvalue weighted by Crippen LogP contribution is 2.36. The summed E-state index contributed by atoms with van der Waals surface area (Å²) < 4.78 is 7.48. The fraction of sp³-hybridized carbons (Fsp3) is 0.267. The third-order valence-electron chi connectivity index (χ3n) is 3.52. The van der Waals surface area contributed by atoms with Gasteiger partial charge in [-0.1, -0.05) is 42.1 Å². The van der Waals surface area contributed by atoms with E-state index in [4.69, 9.17) is 4.42 Å². The molecular weight excluding hydrogens is 300 g/mol. The van der Waals surface area contributed by atoms with Crippen molar-refractivity contribution in [2.75, 3.05) is 0 Å². The smallest absolute Gasteiger partial charge is 0.344 e. The Bertz CT molecular complexity index is 833. The third kappa shape index (κ3) is 2.59. The molecule has 3 aromatic rings. The minimum Gasteiger partial charge on any atom is -0.440 e. The molecule has 0 spiro atoms. The number of nitrogens with one attached hydrogen (secondary N) is 1. The van der Waals surface area contributed by atoms with E-state index in [1.807, 2.05) is 30.3 Å². The average molecular weight is 314 g/mol. The molecule has 7 heteroatoms. The predicted molar refractivity (Wildman–Crippen MR) is 82.6 cm³/mol. The van der Waals surface area contributed by atoms with Crippen molar-refractivity contribution in [1.29, 1.82) is 0 Å². The Labute approximate surface area is 130 Å². The molecule has 0 radical (unpaired) electrons. The van der Waals surface area contributed by atoms with Crippen LogP contribution < -0.4 is 5.69 Å². The second-order valence-corrected chi connectivity index (χ2v) is 6.13. The van der Waals surface area contributed by atoms with Gasteiger partial charge in [-0.3, -0.25) is 4.57 Å². The number of aromatic amines is 1. The lowest BCUT2D eigenvalue weighted by atomic mass is 10.2. The van der Waals surface area contributed by atoms with E-state index in [-0.39, 0.29) is 5.69 Å². The molecule has 1 aromatic carbocycles. The van der Waals surface area contributed by atoms with E-state index in [0.717, 1.165) is 24.2 Å². The monoisotopic (exact) mass is 314 g/mol. The van der Waals surface area contributed by atoms with Gasteiger partial charge in [0.2, 0.25) is 5.89 Å². The van der Waals surface area contributed by atoms with Gasteiger partial charge in [-0.25, -0.2) is 14.9 Å². The molecule has 4 rings (SSSR count). The lowest BCUT2D eigenvalue weighted by Gasteiger charge is -2.01. The second kappa shape index (κ2) is 5.49. The van der Waals surface area contributed by atoms with Gasteiger partial charge in [-0.15, -0.1) is 5.10 Å². The number of oxazole rings is 1. The van der Waals surface area contributed by atoms with Gasteiger partial charge in [-0.05, 0) is 12.8 Å². The standard InChI is InChI=1S/C15H14N4O2S/c20-14-17-18-15(19(14)11-6-7-11)22-9-13-16-8-12(21-13)10-4-2-1-3-5-10/h1-5,8,11H,6-7,9H2,(H,17,20). The molecular formula is C15H14N4O2S. The minimum absolute atomic E-state index is 0.137. The van der Waals surface area contributed by atoms with Crippen LogP contribution in [0.5, 0.6) is 0 Å². The van der Waals surface area contributed by atoms with Gasteiger partial charge in [0.1, 0.15) is 0 Å². The van der Waals surface area contributed by atoms with Gasteiger partial charge in [0.05, 0.1) is 11.9 Å². The lowest BCUT2D eigenvalue weighted by Crippen LogP contribution is -2.16. The zero-order valence-electron chi connectivity index (χ0n) is 11.7. The largest absolute Gasteiger partial charge is 0.440 e. The van der Waals surface area contributed by atoms with Crippen LogP contribution in [-0.4, -0.2) is 19.7 Å². The molecule has 2 aromatic heterocycles. The van der Waals surface area contributed by atoms with E-state index in [9.17, 15) is 4.79 Å². The van der Waals surface area contributed by atoms with Crippen molar-refractivity contribution in [2.24, 2.45) is 0 Å². The van der Waals surface area contributed by atoms with E-state index in [0.29, 0.717) is 22.8 Å². The summed E-state index contributed by atoms with van der Waals surface area (Å²) in [7, 11) is 0. The Morgan fingerprint density at radius 2 is 2.14 bits per heavy atom. The fourth-order valence-corrected chi connectivity index (χ4v) is 3.15. The number of nitrogens with zero attached hydrogens (tertiary/aromatic N) is 3. The maximum atomic E-state index is 11.7. The number of hydrogen-bond acceptors (Lipinski definition) is 5. The number of benzene rings is 1. The van der Waals surface area contributed by atoms with Crippen LogP contribution in [0.4, 0.5) is 0 Å². The molecule has 2 heterocycles. The summed E-state index contributed by atoms with van der Waals surface area (Å²) in [5, 5.41) is 7.29. The Kier molecular flexibility index (Phi) is 3.34. The molecule has 0 unspecified atom stereocenters. The first-order valence-corrected chi connectivity index (χ1v) is 8.09. The van der Waals surface area contributed by atoms with E-state index in [2.05, 4.69) is 15.2 Å². The molecule has 1 aliphatic rings. The van der Waals surface area contributed by atoms with Crippen LogP contribution in [0.3, 0.4) is 0 Å². The van der Waals surface area contributed by atoms with Crippen molar-refractivity contribution in [1.82, 2.24) is 19.7 Å². The van der Waals surface area contributed by atoms with Crippen LogP contribution >= 0.6 is 11.8 Å². The van der Waals surface area contributed by atoms with Crippen LogP contribution in [0.1, 0.15) is 24.8 Å². The Morgan fingerprint density at radius 1 is 1.32 bits per heavy atom. The van der Waals surface area contributed by atoms with E-state index >= 15 is 0 Å². The van der Waals surface area contributed by atoms with Gasteiger partial charge in [0, 0.05) is 11.6 Å². The first-order chi connectivity index (χ1) is 10.8. The fourth-order valence-electron chi connectivity index (χ4n) is 2.29. The summed E-state index contributed by atoms with van der Waals surface area (Å²) in [6.07, 6.45) is 3.82. The highest BCUT2D eigenvalue weighted by atomic mass is 32.2. The summed E-state index contributed by atoms with van der Waals surface area (Å²) in [6.45, 7) is 0. The molecule has 1 saturated carbocycles. The molecule has 1 fully saturated rings. The third-order valence-corrected chi connectivity index (χ3v) is 4.46. The van der Waals surface area contributed by atoms with Gasteiger partial charge in [0.15, 0.2) is 10.9 Å². The highest BCUT2D eigenvalue weighted by Gasteiger charge is 2.28. The van der Waals surface area contributed by atoms with Gasteiger partial charge < -0.3 is 4.42 Å². The SMILES string of the molecule is O=c1[nH]nc(SCc2ncc(-c3ccccc3)o2)n1C1CC1. The number of thioether (sulfide) groups is 1. The van der Waals surface area contributed by atoms with Crippen LogP contribution in [0.25, 0.3) is 11.3 Å². The Morgan fingerprint density at radius 3 is 2.91 bits per heavy atom. The molecule has 1 N–H and O–H groups in total. The van der Waals surface area contributed by atoms with E-state index in [1.54, 1.807) is 10.8 Å². The van der Waals surface area contributed by atoms with Crippen molar-refractivity contribution in [3.63, 3.8) is 0 Å². The zero-order valence-corrected chi connectivity index (χ0v) is 12.5. The first kappa shape index (κ1) is 13.4. The molecule has 0 amide bonds. The van der Waals surface area contributed by atoms with Crippen molar-refractivity contribution in [2.45, 2.75) is 29.8 Å². The molecule has 112 valence electrons. The van der Waals surface area contributed by atoms with Gasteiger partial charge in [-0.2, -0.15) is 0 Å². The van der Waals surface area contributed by atoms with Crippen molar-refractivity contribution >= 4 is 11.8 Å². The summed E-state index contributed by atoms with van der Waals surface area (Å²) in [5.41, 5.74) is 0.864. The maximum absolute atomic E-state index is 11.7. The summed E-state index contributed by atoms with van der Waals surface area (Å²) >= 11 is 1.46. The second-order valence-electron chi connectivity index (χ2n) is 5.19. The van der Waals surface area contributed by atoms with E-state index < -0.39 is 0 Å². The van der Waals surface area contributed by atoms with Gasteiger partial charge >= 0.3 is 5.69 Å². The Balaban J connectivity index is 1.49. The number of hydrogen-bond donors (Lipinski definition) is 1. The van der Waals surface area contributed by atoms with Gasteiger partial charge in [0.25, 0.3) is 0 Å². The van der Waals surface area contributed by atoms with E-state index in [1.165, 1.54) is 11.8 Å². The highest BCUT2D eigenvalue weighted by molar-refractivity contribution is 7.98. The topological polar surface area (TPSA) is 76.7 Å². The maximum Gasteiger partial charge on any atom is 0.344 e. The molecule has 0 bridgehead atoms. The summed E-state index contributed by atoms with van der Waals surface area (Å²) in [5.74, 6) is 1.92. The average Bonchev–Trinajstić information content (AvgIpc) is 3.15. The molecule has 6 nitrogen and oxygen atoms in total. The van der Waals surface area contributed by atoms with Crippen LogP contribution in [0, 0.1) is 0 Å². The van der Waals surface area contributed by atoms with Crippen LogP contribution in [0.15, 0.2) is 50.9 Å². The summed E-state index contributed by atoms with van der Waals surface area (Å²) in [6, 6.07) is 10.2. The lowest BCUT2D eigenvalue weighted by molar-refractivity contribution is 0.529. The first-order valence-electron chi connectivity index (χ1n) is 7.11. The minimum atomic E-state index is -0.137. The molecule has 22 heavy (non-hydrogen) atoms. The quantitative estimate of drug-likeness (QED) is 0.733. The van der Waals surface area contributed by atoms with Crippen LogP contribution in [0.2, 0.25) is 0 Å². The normalized spacial score (nSPS) is 14.4. The van der Waals surface area contributed by atoms with Crippen molar-refractivity contribution in [3.8, 4) is 11.3 Å². The molecule has 0 aliphatic heterocycles. The zero-order chi connectivity index (χ0) is 14.9. The van der Waals surface area contributed by atoms with Crippen molar-refractivity contribution < 1.29 is 4.42 Å². The molecule has 0 atom stereocenters. The number of H-pyrrole nitrogens is 1. The number of aromatic nitrogens is 4. The molecule has 0 saturated heterocycles. The van der Waals surface area contributed by atoms with Crippen molar-refractivity contribution in [3.05, 3.63) is 52.9 Å². The number of rotatable bonds is 5. The summed E-state index contributed by atoms with van der Waals surface area (Å²) in [4.78, 5) is 16.0. The Hall–Kier alpha value is -2.28.